The number of piperidine rings is 1. The molecule has 0 atom stereocenters. The van der Waals surface area contributed by atoms with Crippen LogP contribution in [0.15, 0.2) is 34.2 Å². The summed E-state index contributed by atoms with van der Waals surface area (Å²) in [6.45, 7) is 1.75. The van der Waals surface area contributed by atoms with Gasteiger partial charge in [0.05, 0.1) is 12.3 Å². The maximum Gasteiger partial charge on any atom is 0.191 e. The van der Waals surface area contributed by atoms with Crippen molar-refractivity contribution in [3.63, 3.8) is 0 Å². The van der Waals surface area contributed by atoms with Gasteiger partial charge in [0.15, 0.2) is 15.8 Å². The van der Waals surface area contributed by atoms with Gasteiger partial charge in [0.25, 0.3) is 0 Å². The molecule has 2 rings (SSSR count). The van der Waals surface area contributed by atoms with E-state index in [0.717, 1.165) is 32.0 Å². The van der Waals surface area contributed by atoms with Crippen LogP contribution in [0.1, 0.15) is 19.3 Å². The van der Waals surface area contributed by atoms with Crippen molar-refractivity contribution in [1.29, 1.82) is 0 Å². The maximum atomic E-state index is 13.5. The lowest BCUT2D eigenvalue weighted by molar-refractivity contribution is 0.338. The lowest BCUT2D eigenvalue weighted by Gasteiger charge is -2.27. The van der Waals surface area contributed by atoms with E-state index in [-0.39, 0.29) is 41.2 Å². The molecule has 0 aliphatic carbocycles. The monoisotopic (exact) mass is 441 g/mol. The maximum absolute atomic E-state index is 13.5. The van der Waals surface area contributed by atoms with E-state index < -0.39 is 15.7 Å². The molecule has 1 aliphatic heterocycles. The average molecular weight is 441 g/mol. The number of benzene rings is 1. The van der Waals surface area contributed by atoms with Gasteiger partial charge >= 0.3 is 0 Å². The summed E-state index contributed by atoms with van der Waals surface area (Å²) in [6.07, 6.45) is 3.33. The molecule has 0 bridgehead atoms. The van der Waals surface area contributed by atoms with Crippen molar-refractivity contribution in [2.45, 2.75) is 24.2 Å². The molecule has 22 heavy (non-hydrogen) atoms. The molecule has 1 fully saturated rings. The first-order chi connectivity index (χ1) is 10.0. The third kappa shape index (κ3) is 5.08. The van der Waals surface area contributed by atoms with Gasteiger partial charge in [-0.25, -0.2) is 12.8 Å². The smallest absolute Gasteiger partial charge is 0.191 e. The lowest BCUT2D eigenvalue weighted by atomic mass is 10.1. The number of nitrogens with zero attached hydrogens (tertiary/aromatic N) is 2. The van der Waals surface area contributed by atoms with Crippen LogP contribution in [0.4, 0.5) is 4.39 Å². The van der Waals surface area contributed by atoms with E-state index in [1.807, 2.05) is 4.90 Å². The summed E-state index contributed by atoms with van der Waals surface area (Å²) < 4.78 is 37.6. The second kappa shape index (κ2) is 8.66. The average Bonchev–Trinajstić information content (AvgIpc) is 2.48. The van der Waals surface area contributed by atoms with E-state index in [1.165, 1.54) is 24.6 Å². The van der Waals surface area contributed by atoms with Gasteiger partial charge in [0.2, 0.25) is 0 Å². The van der Waals surface area contributed by atoms with E-state index in [2.05, 4.69) is 4.99 Å². The fourth-order valence-corrected chi connectivity index (χ4v) is 3.51. The highest BCUT2D eigenvalue weighted by Crippen LogP contribution is 2.15. The number of rotatable bonds is 4. The van der Waals surface area contributed by atoms with Crippen molar-refractivity contribution < 1.29 is 12.8 Å². The lowest BCUT2D eigenvalue weighted by Crippen LogP contribution is -2.41. The first-order valence-corrected chi connectivity index (χ1v) is 8.68. The quantitative estimate of drug-likeness (QED) is 0.441. The van der Waals surface area contributed by atoms with Crippen molar-refractivity contribution in [3.05, 3.63) is 30.1 Å². The Morgan fingerprint density at radius 2 is 1.86 bits per heavy atom. The summed E-state index contributed by atoms with van der Waals surface area (Å²) >= 11 is 0. The second-order valence-corrected chi connectivity index (χ2v) is 7.11. The van der Waals surface area contributed by atoms with E-state index in [9.17, 15) is 12.8 Å². The molecular weight excluding hydrogens is 420 g/mol. The van der Waals surface area contributed by atoms with Crippen LogP contribution in [0.5, 0.6) is 0 Å². The summed E-state index contributed by atoms with van der Waals surface area (Å²) in [6, 6.07) is 5.36. The number of hydrogen-bond acceptors (Lipinski definition) is 3. The van der Waals surface area contributed by atoms with Crippen LogP contribution in [0.2, 0.25) is 0 Å². The molecular formula is C14H21FIN3O2S. The van der Waals surface area contributed by atoms with E-state index >= 15 is 0 Å². The SMILES string of the molecule is I.NC(=NCCS(=O)(=O)c1ccccc1F)N1CCCCC1. The number of likely N-dealkylation sites (tertiary alicyclic amines) is 1. The van der Waals surface area contributed by atoms with E-state index in [1.54, 1.807) is 0 Å². The normalized spacial score (nSPS) is 16.2. The van der Waals surface area contributed by atoms with Gasteiger partial charge in [-0.3, -0.25) is 4.99 Å². The number of nitrogens with two attached hydrogens (primary N) is 1. The molecule has 1 saturated heterocycles. The van der Waals surface area contributed by atoms with Crippen LogP contribution in [0.3, 0.4) is 0 Å². The van der Waals surface area contributed by atoms with Crippen LogP contribution < -0.4 is 5.73 Å². The Morgan fingerprint density at radius 1 is 1.23 bits per heavy atom. The largest absolute Gasteiger partial charge is 0.370 e. The number of sulfone groups is 1. The molecule has 0 saturated carbocycles. The number of halogens is 2. The van der Waals surface area contributed by atoms with Crippen LogP contribution in [0.25, 0.3) is 0 Å². The molecule has 1 heterocycles. The van der Waals surface area contributed by atoms with Crippen molar-refractivity contribution in [1.82, 2.24) is 4.90 Å². The van der Waals surface area contributed by atoms with Gasteiger partial charge in [0, 0.05) is 13.1 Å². The fourth-order valence-electron chi connectivity index (χ4n) is 2.31. The van der Waals surface area contributed by atoms with E-state index in [0.29, 0.717) is 5.96 Å². The summed E-state index contributed by atoms with van der Waals surface area (Å²) in [5, 5.41) is 0. The molecule has 0 amide bonds. The minimum atomic E-state index is -3.67. The first-order valence-electron chi connectivity index (χ1n) is 7.03. The molecule has 1 aromatic carbocycles. The molecule has 124 valence electrons. The van der Waals surface area contributed by atoms with Crippen LogP contribution >= 0.6 is 24.0 Å². The Kier molecular flexibility index (Phi) is 7.54. The Hall–Kier alpha value is -0.900. The zero-order chi connectivity index (χ0) is 15.3. The molecule has 2 N–H and O–H groups in total. The molecule has 0 spiro atoms. The minimum Gasteiger partial charge on any atom is -0.370 e. The summed E-state index contributed by atoms with van der Waals surface area (Å²) in [4.78, 5) is 5.78. The van der Waals surface area contributed by atoms with Crippen molar-refractivity contribution in [2.75, 3.05) is 25.4 Å². The standard InChI is InChI=1S/C14H20FN3O2S.HI/c15-12-6-2-3-7-13(12)21(19,20)11-8-17-14(16)18-9-4-1-5-10-18;/h2-3,6-7H,1,4-5,8-11H2,(H2,16,17);1H. The predicted octanol–water partition coefficient (Wildman–Crippen LogP) is 2.02. The third-order valence-electron chi connectivity index (χ3n) is 3.49. The van der Waals surface area contributed by atoms with Crippen molar-refractivity contribution in [3.8, 4) is 0 Å². The molecule has 0 radical (unpaired) electrons. The topological polar surface area (TPSA) is 75.8 Å². The van der Waals surface area contributed by atoms with Gasteiger partial charge in [-0.15, -0.1) is 24.0 Å². The molecule has 8 heteroatoms. The highest BCUT2D eigenvalue weighted by molar-refractivity contribution is 14.0. The highest BCUT2D eigenvalue weighted by atomic mass is 127. The molecule has 1 aromatic rings. The molecule has 0 aromatic heterocycles. The Balaban J connectivity index is 0.00000242. The molecule has 1 aliphatic rings. The van der Waals surface area contributed by atoms with E-state index in [4.69, 9.17) is 5.73 Å². The summed E-state index contributed by atoms with van der Waals surface area (Å²) in [5.41, 5.74) is 5.85. The van der Waals surface area contributed by atoms with Crippen molar-refractivity contribution in [2.24, 2.45) is 10.7 Å². The second-order valence-electron chi connectivity index (χ2n) is 5.04. The number of guanidine groups is 1. The summed E-state index contributed by atoms with van der Waals surface area (Å²) in [7, 11) is -3.67. The number of aliphatic imine (C=N–C) groups is 1. The minimum absolute atomic E-state index is 0. The van der Waals surface area contributed by atoms with Crippen LogP contribution in [-0.2, 0) is 9.84 Å². The third-order valence-corrected chi connectivity index (χ3v) is 5.21. The van der Waals surface area contributed by atoms with Gasteiger partial charge in [0.1, 0.15) is 10.7 Å². The van der Waals surface area contributed by atoms with Crippen molar-refractivity contribution >= 4 is 39.8 Å². The molecule has 5 nitrogen and oxygen atoms in total. The number of hydrogen-bond donors (Lipinski definition) is 1. The van der Waals surface area contributed by atoms with Gasteiger partial charge in [-0.1, -0.05) is 12.1 Å². The van der Waals surface area contributed by atoms with Gasteiger partial charge in [-0.05, 0) is 31.4 Å². The van der Waals surface area contributed by atoms with Gasteiger partial charge < -0.3 is 10.6 Å². The van der Waals surface area contributed by atoms with Crippen LogP contribution in [0, 0.1) is 5.82 Å². The Labute approximate surface area is 147 Å². The summed E-state index contributed by atoms with van der Waals surface area (Å²) in [5.74, 6) is -0.605. The zero-order valence-electron chi connectivity index (χ0n) is 12.2. The van der Waals surface area contributed by atoms with Crippen LogP contribution in [-0.4, -0.2) is 44.7 Å². The molecule has 0 unspecified atom stereocenters. The zero-order valence-corrected chi connectivity index (χ0v) is 15.4. The Morgan fingerprint density at radius 3 is 2.50 bits per heavy atom. The first kappa shape index (κ1) is 19.1. The Bertz CT molecular complexity index is 616. The predicted molar refractivity (Wildman–Crippen MR) is 95.8 cm³/mol. The highest BCUT2D eigenvalue weighted by Gasteiger charge is 2.18. The van der Waals surface area contributed by atoms with Gasteiger partial charge in [-0.2, -0.15) is 0 Å². The fraction of sp³-hybridized carbons (Fsp3) is 0.500.